The number of benzene rings is 1. The minimum absolute atomic E-state index is 0.00609. The van der Waals surface area contributed by atoms with Crippen LogP contribution in [0.1, 0.15) is 55.2 Å². The number of hydrogen-bond donors (Lipinski definition) is 0. The minimum atomic E-state index is -0.457. The number of nitrogens with zero attached hydrogens (tertiary/aromatic N) is 2. The van der Waals surface area contributed by atoms with Crippen molar-refractivity contribution in [2.45, 2.75) is 51.5 Å². The predicted octanol–water partition coefficient (Wildman–Crippen LogP) is 4.11. The van der Waals surface area contributed by atoms with Gasteiger partial charge in [0.05, 0.1) is 19.1 Å². The Labute approximate surface area is 177 Å². The van der Waals surface area contributed by atoms with Gasteiger partial charge in [0.25, 0.3) is 0 Å². The molecule has 0 spiro atoms. The summed E-state index contributed by atoms with van der Waals surface area (Å²) in [5.41, 5.74) is 3.20. The van der Waals surface area contributed by atoms with Crippen molar-refractivity contribution in [3.63, 3.8) is 0 Å². The van der Waals surface area contributed by atoms with E-state index in [1.54, 1.807) is 19.5 Å². The maximum Gasteiger partial charge on any atom is 0.235 e. The highest BCUT2D eigenvalue weighted by Gasteiger charge is 2.57. The van der Waals surface area contributed by atoms with Gasteiger partial charge in [0, 0.05) is 18.8 Å². The molecule has 5 rings (SSSR count). The van der Waals surface area contributed by atoms with Crippen LogP contribution in [0.3, 0.4) is 0 Å². The van der Waals surface area contributed by atoms with Gasteiger partial charge in [0.1, 0.15) is 5.75 Å². The fourth-order valence-electron chi connectivity index (χ4n) is 6.20. The molecule has 1 saturated carbocycles. The molecule has 2 fully saturated rings. The van der Waals surface area contributed by atoms with Crippen LogP contribution in [0.25, 0.3) is 0 Å². The molecule has 1 saturated heterocycles. The third-order valence-corrected chi connectivity index (χ3v) is 7.82. The van der Waals surface area contributed by atoms with Crippen molar-refractivity contribution in [3.8, 4) is 5.75 Å². The highest BCUT2D eigenvalue weighted by atomic mass is 16.5. The Morgan fingerprint density at radius 1 is 1.23 bits per heavy atom. The molecule has 2 aliphatic carbocycles. The standard InChI is InChI=1S/C25H28N2O3/c1-25-10-9-20-19-8-6-18(30-2)12-17(19)5-7-21(20)22(25)13-23(28)27(24(25)29)15-16-4-3-11-26-14-16/h3-4,6,8,11-12,14,20-22H,5,7,9-10,13,15H2,1-2H3/t20?,21?,22?,25-/m0/s1. The van der Waals surface area contributed by atoms with Gasteiger partial charge in [-0.15, -0.1) is 0 Å². The number of amides is 2. The first-order chi connectivity index (χ1) is 14.5. The number of imide groups is 1. The van der Waals surface area contributed by atoms with Gasteiger partial charge < -0.3 is 4.74 Å². The second-order valence-corrected chi connectivity index (χ2v) is 9.29. The molecule has 30 heavy (non-hydrogen) atoms. The van der Waals surface area contributed by atoms with Gasteiger partial charge in [-0.1, -0.05) is 19.1 Å². The summed E-state index contributed by atoms with van der Waals surface area (Å²) in [7, 11) is 1.70. The second-order valence-electron chi connectivity index (χ2n) is 9.29. The van der Waals surface area contributed by atoms with Crippen LogP contribution in [-0.4, -0.2) is 28.8 Å². The fourth-order valence-corrected chi connectivity index (χ4v) is 6.20. The van der Waals surface area contributed by atoms with Gasteiger partial charge in [-0.25, -0.2) is 0 Å². The van der Waals surface area contributed by atoms with Gasteiger partial charge in [0.2, 0.25) is 11.8 Å². The summed E-state index contributed by atoms with van der Waals surface area (Å²) in [5.74, 6) is 1.82. The zero-order chi connectivity index (χ0) is 20.9. The van der Waals surface area contributed by atoms with Crippen LogP contribution in [-0.2, 0) is 22.6 Å². The van der Waals surface area contributed by atoms with Crippen LogP contribution in [0.15, 0.2) is 42.7 Å². The number of fused-ring (bicyclic) bond motifs is 5. The summed E-state index contributed by atoms with van der Waals surface area (Å²) in [5, 5.41) is 0. The smallest absolute Gasteiger partial charge is 0.235 e. The molecular formula is C25H28N2O3. The lowest BCUT2D eigenvalue weighted by atomic mass is 9.52. The molecule has 2 heterocycles. The maximum absolute atomic E-state index is 13.6. The number of hydrogen-bond acceptors (Lipinski definition) is 4. The van der Waals surface area contributed by atoms with Crippen molar-refractivity contribution in [2.75, 3.05) is 7.11 Å². The quantitative estimate of drug-likeness (QED) is 0.723. The third-order valence-electron chi connectivity index (χ3n) is 7.82. The highest BCUT2D eigenvalue weighted by Crippen LogP contribution is 2.58. The van der Waals surface area contributed by atoms with Crippen molar-refractivity contribution in [3.05, 3.63) is 59.4 Å². The fraction of sp³-hybridized carbons (Fsp3) is 0.480. The summed E-state index contributed by atoms with van der Waals surface area (Å²) in [6.07, 6.45) is 7.76. The molecule has 4 atom stereocenters. The number of piperidine rings is 1. The third kappa shape index (κ3) is 2.94. The largest absolute Gasteiger partial charge is 0.497 e. The monoisotopic (exact) mass is 404 g/mol. The summed E-state index contributed by atoms with van der Waals surface area (Å²) in [6, 6.07) is 10.2. The Kier molecular flexibility index (Phi) is 4.64. The Morgan fingerprint density at radius 2 is 2.10 bits per heavy atom. The summed E-state index contributed by atoms with van der Waals surface area (Å²) < 4.78 is 5.41. The van der Waals surface area contributed by atoms with E-state index in [1.807, 2.05) is 18.2 Å². The lowest BCUT2D eigenvalue weighted by Gasteiger charge is -2.54. The van der Waals surface area contributed by atoms with Crippen molar-refractivity contribution in [2.24, 2.45) is 17.3 Å². The minimum Gasteiger partial charge on any atom is -0.497 e. The van der Waals surface area contributed by atoms with Crippen LogP contribution >= 0.6 is 0 Å². The predicted molar refractivity (Wildman–Crippen MR) is 113 cm³/mol. The Morgan fingerprint density at radius 3 is 2.87 bits per heavy atom. The van der Waals surface area contributed by atoms with E-state index < -0.39 is 5.41 Å². The zero-order valence-electron chi connectivity index (χ0n) is 17.6. The number of ether oxygens (including phenoxy) is 1. The van der Waals surface area contributed by atoms with E-state index in [1.165, 1.54) is 16.0 Å². The lowest BCUT2D eigenvalue weighted by molar-refractivity contribution is -0.168. The number of carbonyl (C=O) groups excluding carboxylic acids is 2. The molecular weight excluding hydrogens is 376 g/mol. The first-order valence-corrected chi connectivity index (χ1v) is 10.9. The lowest BCUT2D eigenvalue weighted by Crippen LogP contribution is -2.58. The van der Waals surface area contributed by atoms with Gasteiger partial charge in [0.15, 0.2) is 0 Å². The zero-order valence-corrected chi connectivity index (χ0v) is 17.6. The molecule has 5 heteroatoms. The Bertz CT molecular complexity index is 989. The van der Waals surface area contributed by atoms with Gasteiger partial charge >= 0.3 is 0 Å². The molecule has 2 aromatic rings. The number of rotatable bonds is 3. The van der Waals surface area contributed by atoms with E-state index in [9.17, 15) is 9.59 Å². The van der Waals surface area contributed by atoms with Crippen LogP contribution in [0.2, 0.25) is 0 Å². The van der Waals surface area contributed by atoms with E-state index in [2.05, 4.69) is 24.0 Å². The molecule has 1 aliphatic heterocycles. The van der Waals surface area contributed by atoms with E-state index in [-0.39, 0.29) is 17.7 Å². The molecule has 3 aliphatic rings. The molecule has 0 bridgehead atoms. The van der Waals surface area contributed by atoms with Gasteiger partial charge in [-0.2, -0.15) is 0 Å². The molecule has 0 N–H and O–H groups in total. The molecule has 0 radical (unpaired) electrons. The summed E-state index contributed by atoms with van der Waals surface area (Å²) in [4.78, 5) is 32.3. The van der Waals surface area contributed by atoms with E-state index in [0.29, 0.717) is 24.8 Å². The maximum atomic E-state index is 13.6. The number of pyridine rings is 1. The SMILES string of the molecule is COc1ccc2c(c1)CCC1C2CC[C@]2(C)C(=O)N(Cc3cccnc3)C(=O)CC12. The van der Waals surface area contributed by atoms with Crippen molar-refractivity contribution < 1.29 is 14.3 Å². The average Bonchev–Trinajstić information content (AvgIpc) is 2.78. The Hall–Kier alpha value is -2.69. The van der Waals surface area contributed by atoms with E-state index in [0.717, 1.165) is 37.0 Å². The second kappa shape index (κ2) is 7.22. The molecule has 1 aromatic heterocycles. The van der Waals surface area contributed by atoms with Crippen molar-refractivity contribution in [1.82, 2.24) is 9.88 Å². The molecule has 1 aromatic carbocycles. The van der Waals surface area contributed by atoms with Crippen LogP contribution in [0, 0.1) is 17.3 Å². The van der Waals surface area contributed by atoms with Crippen LogP contribution in [0.5, 0.6) is 5.75 Å². The molecule has 2 amide bonds. The average molecular weight is 405 g/mol. The van der Waals surface area contributed by atoms with Crippen molar-refractivity contribution >= 4 is 11.8 Å². The van der Waals surface area contributed by atoms with E-state index in [4.69, 9.17) is 4.74 Å². The highest BCUT2D eigenvalue weighted by molar-refractivity contribution is 6.01. The first kappa shape index (κ1) is 19.3. The van der Waals surface area contributed by atoms with Crippen LogP contribution in [0.4, 0.5) is 0 Å². The van der Waals surface area contributed by atoms with E-state index >= 15 is 0 Å². The normalized spacial score (nSPS) is 30.3. The van der Waals surface area contributed by atoms with Gasteiger partial charge in [-0.05, 0) is 78.3 Å². The number of aryl methyl sites for hydroxylation is 1. The van der Waals surface area contributed by atoms with Gasteiger partial charge in [-0.3, -0.25) is 19.5 Å². The molecule has 5 nitrogen and oxygen atoms in total. The number of likely N-dealkylation sites (tertiary alicyclic amines) is 1. The number of aromatic nitrogens is 1. The summed E-state index contributed by atoms with van der Waals surface area (Å²) >= 11 is 0. The van der Waals surface area contributed by atoms with Crippen LogP contribution < -0.4 is 4.74 Å². The summed E-state index contributed by atoms with van der Waals surface area (Å²) in [6.45, 7) is 2.42. The number of methoxy groups -OCH3 is 1. The van der Waals surface area contributed by atoms with Crippen molar-refractivity contribution in [1.29, 1.82) is 0 Å². The first-order valence-electron chi connectivity index (χ1n) is 10.9. The Balaban J connectivity index is 1.43. The topological polar surface area (TPSA) is 59.5 Å². The molecule has 156 valence electrons. The molecule has 3 unspecified atom stereocenters. The number of carbonyl (C=O) groups is 2.